The molecule has 0 bridgehead atoms. The molecular weight excluding hydrogens is 679 g/mol. The van der Waals surface area contributed by atoms with Crippen molar-refractivity contribution in [3.8, 4) is 11.1 Å². The van der Waals surface area contributed by atoms with Crippen LogP contribution < -0.4 is 20.6 Å². The van der Waals surface area contributed by atoms with Crippen molar-refractivity contribution in [3.05, 3.63) is 150 Å². The van der Waals surface area contributed by atoms with Crippen LogP contribution in [0.5, 0.6) is 0 Å². The molecule has 0 amide bonds. The van der Waals surface area contributed by atoms with Gasteiger partial charge in [-0.15, -0.1) is 0 Å². The number of para-hydroxylation sites is 1. The lowest BCUT2D eigenvalue weighted by Crippen LogP contribution is -2.61. The van der Waals surface area contributed by atoms with E-state index in [9.17, 15) is 0 Å². The zero-order valence-corrected chi connectivity index (χ0v) is 34.1. The number of fused-ring (bicyclic) bond motifs is 9. The molecule has 0 N–H and O–H groups in total. The van der Waals surface area contributed by atoms with Crippen molar-refractivity contribution >= 4 is 78.9 Å². The number of furan rings is 1. The molecule has 3 nitrogen and oxygen atoms in total. The summed E-state index contributed by atoms with van der Waals surface area (Å²) in [6.07, 6.45) is 0. The van der Waals surface area contributed by atoms with Gasteiger partial charge in [0.25, 0.3) is 0 Å². The van der Waals surface area contributed by atoms with Gasteiger partial charge in [-0.2, -0.15) is 0 Å². The first kappa shape index (κ1) is 34.7. The number of anilines is 5. The third-order valence-electron chi connectivity index (χ3n) is 12.3. The van der Waals surface area contributed by atoms with Gasteiger partial charge < -0.3 is 14.1 Å². The van der Waals surface area contributed by atoms with Crippen molar-refractivity contribution in [1.82, 2.24) is 0 Å². The van der Waals surface area contributed by atoms with Crippen molar-refractivity contribution in [2.45, 2.75) is 78.6 Å². The molecule has 4 heteroatoms. The number of rotatable bonds is 2. The summed E-state index contributed by atoms with van der Waals surface area (Å²) < 4.78 is 6.66. The van der Waals surface area contributed by atoms with Gasteiger partial charge in [-0.25, -0.2) is 0 Å². The van der Waals surface area contributed by atoms with Gasteiger partial charge in [0.15, 0.2) is 0 Å². The standard InChI is InChI=1S/C52H49BN2O/c1-50(2,3)33-18-23-36(24-19-33)54-43-27-22-35(52(7,8)9)29-42(43)53-49-45(54)28-32-14-10-11-15-38(32)48(49)41-30-40-39-16-12-13-17-46(39)56-47(40)31-44(41)55(53)37-25-20-34(21-26-37)51(4,5)6/h10-31H,1-9H3. The fraction of sp³-hybridized carbons (Fsp3) is 0.231. The van der Waals surface area contributed by atoms with E-state index in [0.717, 1.165) is 27.6 Å². The molecule has 1 aromatic heterocycles. The molecule has 3 heterocycles. The fourth-order valence-electron chi connectivity index (χ4n) is 9.20. The SMILES string of the molecule is CC(C)(C)c1ccc(N2B3c4cc(C(C)(C)C)ccc4N(c4ccc(C(C)(C)C)cc4)c4cc5ccccc5c(c43)-c3cc4c(cc32)oc2ccccc24)cc1. The average molecular weight is 729 g/mol. The van der Waals surface area contributed by atoms with E-state index in [0.29, 0.717) is 0 Å². The lowest BCUT2D eigenvalue weighted by molar-refractivity contribution is 0.590. The molecule has 2 aliphatic rings. The minimum atomic E-state index is -0.0955. The van der Waals surface area contributed by atoms with Crippen LogP contribution in [0.15, 0.2) is 138 Å². The average Bonchev–Trinajstić information content (AvgIpc) is 3.53. The van der Waals surface area contributed by atoms with Gasteiger partial charge >= 0.3 is 6.85 Å². The van der Waals surface area contributed by atoms with Crippen LogP contribution in [0.2, 0.25) is 0 Å². The van der Waals surface area contributed by atoms with E-state index >= 15 is 0 Å². The maximum absolute atomic E-state index is 6.66. The van der Waals surface area contributed by atoms with Crippen molar-refractivity contribution in [3.63, 3.8) is 0 Å². The topological polar surface area (TPSA) is 19.6 Å². The van der Waals surface area contributed by atoms with Crippen LogP contribution in [-0.2, 0) is 16.2 Å². The number of hydrogen-bond donors (Lipinski definition) is 0. The Kier molecular flexibility index (Phi) is 7.37. The minimum absolute atomic E-state index is 0.0348. The second-order valence-electron chi connectivity index (χ2n) is 19.1. The number of nitrogens with zero attached hydrogens (tertiary/aromatic N) is 2. The van der Waals surface area contributed by atoms with Crippen LogP contribution in [-0.4, -0.2) is 6.85 Å². The Morgan fingerprint density at radius 3 is 1.71 bits per heavy atom. The van der Waals surface area contributed by atoms with Gasteiger partial charge in [0.2, 0.25) is 0 Å². The summed E-state index contributed by atoms with van der Waals surface area (Å²) in [5.41, 5.74) is 17.0. The van der Waals surface area contributed by atoms with Crippen LogP contribution in [0.3, 0.4) is 0 Å². The van der Waals surface area contributed by atoms with Crippen molar-refractivity contribution in [2.75, 3.05) is 9.71 Å². The van der Waals surface area contributed by atoms with E-state index in [1.165, 1.54) is 72.3 Å². The molecule has 2 aliphatic heterocycles. The second kappa shape index (κ2) is 11.9. The fourth-order valence-corrected chi connectivity index (χ4v) is 9.20. The molecule has 0 saturated carbocycles. The quantitative estimate of drug-likeness (QED) is 0.165. The molecule has 0 fully saturated rings. The summed E-state index contributed by atoms with van der Waals surface area (Å²) in [6.45, 7) is 20.6. The molecular formula is C52H49BN2O. The molecule has 7 aromatic carbocycles. The van der Waals surface area contributed by atoms with Gasteiger partial charge in [-0.05, 0) is 109 Å². The van der Waals surface area contributed by atoms with Gasteiger partial charge in [0.05, 0.1) is 0 Å². The predicted octanol–water partition coefficient (Wildman–Crippen LogP) is 13.3. The maximum Gasteiger partial charge on any atom is 0.333 e. The highest BCUT2D eigenvalue weighted by Crippen LogP contribution is 2.51. The summed E-state index contributed by atoms with van der Waals surface area (Å²) in [4.78, 5) is 5.15. The summed E-state index contributed by atoms with van der Waals surface area (Å²) in [7, 11) is 0. The van der Waals surface area contributed by atoms with Crippen molar-refractivity contribution in [2.24, 2.45) is 0 Å². The molecule has 0 atom stereocenters. The molecule has 0 aliphatic carbocycles. The highest BCUT2D eigenvalue weighted by atomic mass is 16.3. The normalized spacial score (nSPS) is 14.1. The van der Waals surface area contributed by atoms with Crippen LogP contribution in [0.25, 0.3) is 43.8 Å². The van der Waals surface area contributed by atoms with Crippen molar-refractivity contribution in [1.29, 1.82) is 0 Å². The lowest BCUT2D eigenvalue weighted by Gasteiger charge is -2.46. The van der Waals surface area contributed by atoms with Crippen LogP contribution in [0.4, 0.5) is 28.4 Å². The zero-order chi connectivity index (χ0) is 38.9. The third-order valence-corrected chi connectivity index (χ3v) is 12.3. The second-order valence-corrected chi connectivity index (χ2v) is 19.1. The Morgan fingerprint density at radius 1 is 0.464 bits per heavy atom. The minimum Gasteiger partial charge on any atom is -0.456 e. The zero-order valence-electron chi connectivity index (χ0n) is 34.1. The van der Waals surface area contributed by atoms with Gasteiger partial charge in [0, 0.05) is 50.8 Å². The largest absolute Gasteiger partial charge is 0.456 e. The summed E-state index contributed by atoms with van der Waals surface area (Å²) in [5, 5.41) is 4.79. The van der Waals surface area contributed by atoms with E-state index in [4.69, 9.17) is 4.42 Å². The third kappa shape index (κ3) is 5.25. The molecule has 276 valence electrons. The Bertz CT molecular complexity index is 2860. The predicted molar refractivity (Wildman–Crippen MR) is 241 cm³/mol. The Labute approximate surface area is 331 Å². The lowest BCUT2D eigenvalue weighted by atomic mass is 9.43. The highest BCUT2D eigenvalue weighted by Gasteiger charge is 2.46. The Hall–Kier alpha value is -5.74. The van der Waals surface area contributed by atoms with E-state index in [1.807, 2.05) is 0 Å². The Morgan fingerprint density at radius 2 is 1.05 bits per heavy atom. The molecule has 56 heavy (non-hydrogen) atoms. The van der Waals surface area contributed by atoms with E-state index in [-0.39, 0.29) is 23.1 Å². The first-order chi connectivity index (χ1) is 26.7. The van der Waals surface area contributed by atoms with Gasteiger partial charge in [-0.1, -0.05) is 141 Å². The Balaban J connectivity index is 1.36. The summed E-state index contributed by atoms with van der Waals surface area (Å²) >= 11 is 0. The van der Waals surface area contributed by atoms with Crippen LogP contribution in [0.1, 0.15) is 79.0 Å². The number of hydrogen-bond acceptors (Lipinski definition) is 3. The highest BCUT2D eigenvalue weighted by molar-refractivity contribution is 6.94. The van der Waals surface area contributed by atoms with Crippen LogP contribution >= 0.6 is 0 Å². The van der Waals surface area contributed by atoms with Crippen LogP contribution in [0, 0.1) is 0 Å². The maximum atomic E-state index is 6.66. The molecule has 8 aromatic rings. The first-order valence-electron chi connectivity index (χ1n) is 20.1. The van der Waals surface area contributed by atoms with E-state index in [2.05, 4.69) is 205 Å². The van der Waals surface area contributed by atoms with Crippen molar-refractivity contribution < 1.29 is 4.42 Å². The molecule has 0 unspecified atom stereocenters. The smallest absolute Gasteiger partial charge is 0.333 e. The summed E-state index contributed by atoms with van der Waals surface area (Å²) in [6, 6.07) is 50.4. The molecule has 0 saturated heterocycles. The molecule has 0 spiro atoms. The molecule has 0 radical (unpaired) electrons. The van der Waals surface area contributed by atoms with E-state index in [1.54, 1.807) is 0 Å². The summed E-state index contributed by atoms with van der Waals surface area (Å²) in [5.74, 6) is 0. The molecule has 10 rings (SSSR count). The number of benzene rings is 7. The first-order valence-corrected chi connectivity index (χ1v) is 20.1. The van der Waals surface area contributed by atoms with E-state index < -0.39 is 0 Å². The van der Waals surface area contributed by atoms with Gasteiger partial charge in [0.1, 0.15) is 11.2 Å². The monoisotopic (exact) mass is 728 g/mol. The van der Waals surface area contributed by atoms with Gasteiger partial charge in [-0.3, -0.25) is 0 Å².